The number of hydrogen-bond acceptors (Lipinski definition) is 2. The first kappa shape index (κ1) is 20.9. The van der Waals surface area contributed by atoms with E-state index in [-0.39, 0.29) is 39.4 Å². The summed E-state index contributed by atoms with van der Waals surface area (Å²) < 4.78 is 0. The van der Waals surface area contributed by atoms with E-state index in [2.05, 4.69) is 28.0 Å². The molecule has 0 aromatic heterocycles. The fourth-order valence-electron chi connectivity index (χ4n) is 5.41. The summed E-state index contributed by atoms with van der Waals surface area (Å²) in [4.78, 5) is 18.0. The lowest BCUT2D eigenvalue weighted by molar-refractivity contribution is 0.00258. The number of aryl methyl sites for hydroxylation is 1. The number of piperidine rings is 3. The van der Waals surface area contributed by atoms with E-state index in [1.165, 1.54) is 49.9 Å². The third kappa shape index (κ3) is 3.33. The topological polar surface area (TPSA) is 23.6 Å². The van der Waals surface area contributed by atoms with Crippen molar-refractivity contribution in [3.63, 3.8) is 0 Å². The van der Waals surface area contributed by atoms with Gasteiger partial charge < -0.3 is 9.80 Å². The standard InChI is InChI=1S/C19H24N2O.ClH.2H2S/c22-19-16-6-2-4-14-3-1-5-15(18(14)16)11-21(19)17-12-20-9-7-13(17)8-10-20;;;/h2,4,6,13,15,17H,1,3,5,7-12H2;1H;2*1H2/t15-,17-;;;/m1.../s1. The molecule has 0 radical (unpaired) electrons. The molecule has 0 N–H and O–H groups in total. The van der Waals surface area contributed by atoms with Gasteiger partial charge in [-0.3, -0.25) is 4.79 Å². The van der Waals surface area contributed by atoms with Crippen LogP contribution in [0.15, 0.2) is 18.2 Å². The predicted molar refractivity (Wildman–Crippen MR) is 114 cm³/mol. The minimum absolute atomic E-state index is 0. The maximum absolute atomic E-state index is 13.1. The molecule has 6 heteroatoms. The van der Waals surface area contributed by atoms with Gasteiger partial charge in [0, 0.05) is 30.6 Å². The molecule has 1 aliphatic carbocycles. The van der Waals surface area contributed by atoms with Gasteiger partial charge in [-0.2, -0.15) is 27.0 Å². The number of benzene rings is 1. The zero-order chi connectivity index (χ0) is 14.7. The van der Waals surface area contributed by atoms with Crippen LogP contribution in [0.3, 0.4) is 0 Å². The molecule has 1 aromatic rings. The van der Waals surface area contributed by atoms with Crippen LogP contribution in [0.1, 0.15) is 53.1 Å². The zero-order valence-electron chi connectivity index (χ0n) is 14.5. The third-order valence-electron chi connectivity index (χ3n) is 6.53. The molecule has 4 aliphatic heterocycles. The number of halogens is 1. The minimum atomic E-state index is 0. The first-order chi connectivity index (χ1) is 10.8. The first-order valence-electron chi connectivity index (χ1n) is 8.96. The molecule has 2 atom stereocenters. The lowest BCUT2D eigenvalue weighted by Gasteiger charge is -2.51. The highest BCUT2D eigenvalue weighted by molar-refractivity contribution is 7.59. The number of carbonyl (C=O) groups excluding carboxylic acids is 1. The molecule has 1 aromatic carbocycles. The van der Waals surface area contributed by atoms with E-state index in [1.54, 1.807) is 0 Å². The van der Waals surface area contributed by atoms with Crippen molar-refractivity contribution in [3.8, 4) is 0 Å². The van der Waals surface area contributed by atoms with Crippen molar-refractivity contribution in [1.29, 1.82) is 0 Å². The Bertz CT molecular complexity index is 634. The van der Waals surface area contributed by atoms with Crippen LogP contribution in [0.4, 0.5) is 0 Å². The van der Waals surface area contributed by atoms with Crippen molar-refractivity contribution >= 4 is 45.3 Å². The van der Waals surface area contributed by atoms with Gasteiger partial charge in [-0.05, 0) is 68.3 Å². The Morgan fingerprint density at radius 2 is 1.76 bits per heavy atom. The van der Waals surface area contributed by atoms with Gasteiger partial charge >= 0.3 is 0 Å². The highest BCUT2D eigenvalue weighted by Gasteiger charge is 2.43. The summed E-state index contributed by atoms with van der Waals surface area (Å²) in [6.07, 6.45) is 6.27. The van der Waals surface area contributed by atoms with E-state index in [0.717, 1.165) is 31.0 Å². The van der Waals surface area contributed by atoms with E-state index >= 15 is 0 Å². The van der Waals surface area contributed by atoms with Crippen molar-refractivity contribution in [2.24, 2.45) is 5.92 Å². The van der Waals surface area contributed by atoms with Crippen molar-refractivity contribution in [3.05, 3.63) is 34.9 Å². The van der Waals surface area contributed by atoms with Gasteiger partial charge in [0.1, 0.15) is 0 Å². The van der Waals surface area contributed by atoms with Crippen LogP contribution in [0.5, 0.6) is 0 Å². The molecule has 3 nitrogen and oxygen atoms in total. The van der Waals surface area contributed by atoms with Gasteiger partial charge in [-0.1, -0.05) is 12.1 Å². The molecule has 2 bridgehead atoms. The second-order valence-corrected chi connectivity index (χ2v) is 7.63. The summed E-state index contributed by atoms with van der Waals surface area (Å²) in [5, 5.41) is 0. The van der Waals surface area contributed by atoms with Gasteiger partial charge in [-0.25, -0.2) is 0 Å². The SMILES string of the molecule is Cl.O=C1c2cccc3c2[C@H](CCC3)CN1[C@@H]1CN2CCC1CC2.S.S. The Morgan fingerprint density at radius 1 is 1.00 bits per heavy atom. The average molecular weight is 401 g/mol. The van der Waals surface area contributed by atoms with Crippen molar-refractivity contribution in [2.75, 3.05) is 26.2 Å². The van der Waals surface area contributed by atoms with Crippen LogP contribution in [-0.2, 0) is 6.42 Å². The maximum atomic E-state index is 13.1. The first-order valence-corrected chi connectivity index (χ1v) is 8.96. The molecule has 3 fully saturated rings. The molecule has 0 unspecified atom stereocenters. The highest BCUT2D eigenvalue weighted by Crippen LogP contribution is 2.41. The largest absolute Gasteiger partial charge is 0.333 e. The van der Waals surface area contributed by atoms with Gasteiger partial charge in [0.2, 0.25) is 0 Å². The Morgan fingerprint density at radius 3 is 2.44 bits per heavy atom. The van der Waals surface area contributed by atoms with Crippen molar-refractivity contribution in [2.45, 2.75) is 44.1 Å². The average Bonchev–Trinajstić information content (AvgIpc) is 2.59. The summed E-state index contributed by atoms with van der Waals surface area (Å²) in [6.45, 7) is 4.57. The molecular weight excluding hydrogens is 372 g/mol. The highest BCUT2D eigenvalue weighted by atomic mass is 35.5. The van der Waals surface area contributed by atoms with Crippen LogP contribution < -0.4 is 0 Å². The van der Waals surface area contributed by atoms with Gasteiger partial charge in [-0.15, -0.1) is 12.4 Å². The summed E-state index contributed by atoms with van der Waals surface area (Å²) in [5.74, 6) is 1.64. The molecule has 0 saturated carbocycles. The summed E-state index contributed by atoms with van der Waals surface area (Å²) >= 11 is 0. The molecule has 4 heterocycles. The number of fused-ring (bicyclic) bond motifs is 3. The lowest BCUT2D eigenvalue weighted by Crippen LogP contribution is -2.60. The molecule has 25 heavy (non-hydrogen) atoms. The number of carbonyl (C=O) groups is 1. The smallest absolute Gasteiger partial charge is 0.254 e. The van der Waals surface area contributed by atoms with E-state index in [4.69, 9.17) is 0 Å². The molecule has 140 valence electrons. The third-order valence-corrected chi connectivity index (χ3v) is 6.53. The lowest BCUT2D eigenvalue weighted by atomic mass is 9.75. The van der Waals surface area contributed by atoms with Gasteiger partial charge in [0.25, 0.3) is 5.91 Å². The minimum Gasteiger partial charge on any atom is -0.333 e. The second kappa shape index (κ2) is 8.12. The van der Waals surface area contributed by atoms with Gasteiger partial charge in [0.15, 0.2) is 0 Å². The zero-order valence-corrected chi connectivity index (χ0v) is 17.4. The number of amides is 1. The van der Waals surface area contributed by atoms with Crippen LogP contribution >= 0.6 is 39.4 Å². The Kier molecular flexibility index (Phi) is 6.80. The van der Waals surface area contributed by atoms with Crippen LogP contribution in [0.25, 0.3) is 0 Å². The van der Waals surface area contributed by atoms with Crippen molar-refractivity contribution in [1.82, 2.24) is 9.80 Å². The maximum Gasteiger partial charge on any atom is 0.254 e. The Labute approximate surface area is 170 Å². The molecular formula is C19H29ClN2OS2. The van der Waals surface area contributed by atoms with Crippen molar-refractivity contribution < 1.29 is 4.79 Å². The summed E-state index contributed by atoms with van der Waals surface area (Å²) in [6, 6.07) is 6.87. The van der Waals surface area contributed by atoms with E-state index in [9.17, 15) is 4.79 Å². The van der Waals surface area contributed by atoms with E-state index < -0.39 is 0 Å². The van der Waals surface area contributed by atoms with Crippen LogP contribution in [0.2, 0.25) is 0 Å². The monoisotopic (exact) mass is 400 g/mol. The number of nitrogens with zero attached hydrogens (tertiary/aromatic N) is 2. The van der Waals surface area contributed by atoms with E-state index in [0.29, 0.717) is 17.9 Å². The van der Waals surface area contributed by atoms with E-state index in [1.807, 2.05) is 0 Å². The fourth-order valence-corrected chi connectivity index (χ4v) is 5.41. The van der Waals surface area contributed by atoms with Crippen LogP contribution in [0, 0.1) is 5.92 Å². The normalized spacial score (nSPS) is 32.0. The Hall–Kier alpha value is -0.360. The number of hydrogen-bond donors (Lipinski definition) is 0. The van der Waals surface area contributed by atoms with Gasteiger partial charge in [0.05, 0.1) is 0 Å². The summed E-state index contributed by atoms with van der Waals surface area (Å²) in [5.41, 5.74) is 3.86. The Balaban J connectivity index is 0.000000751. The quantitative estimate of drug-likeness (QED) is 0.722. The second-order valence-electron chi connectivity index (χ2n) is 7.63. The molecule has 5 aliphatic rings. The molecule has 3 saturated heterocycles. The fraction of sp³-hybridized carbons (Fsp3) is 0.632. The number of rotatable bonds is 1. The molecule has 1 amide bonds. The van der Waals surface area contributed by atoms with Crippen LogP contribution in [-0.4, -0.2) is 47.9 Å². The predicted octanol–water partition coefficient (Wildman–Crippen LogP) is 3.30. The summed E-state index contributed by atoms with van der Waals surface area (Å²) in [7, 11) is 0. The molecule has 0 spiro atoms. The molecule has 6 rings (SSSR count).